The lowest BCUT2D eigenvalue weighted by Gasteiger charge is -2.21. The Labute approximate surface area is 175 Å². The van der Waals surface area contributed by atoms with Crippen molar-refractivity contribution in [2.75, 3.05) is 39.3 Å². The summed E-state index contributed by atoms with van der Waals surface area (Å²) in [6.07, 6.45) is 2.97. The molecule has 9 nitrogen and oxygen atoms in total. The van der Waals surface area contributed by atoms with Crippen LogP contribution in [-0.2, 0) is 6.54 Å². The number of rotatable bonds is 6. The molecule has 3 heterocycles. The lowest BCUT2D eigenvalue weighted by Crippen LogP contribution is -2.44. The molecule has 9 heteroatoms. The number of guanidine groups is 1. The highest BCUT2D eigenvalue weighted by Gasteiger charge is 2.24. The number of anilines is 1. The summed E-state index contributed by atoms with van der Waals surface area (Å²) < 4.78 is 12.8. The van der Waals surface area contributed by atoms with Gasteiger partial charge in [0, 0.05) is 56.3 Å². The number of hydrogen-bond acceptors (Lipinski definition) is 6. The predicted octanol–water partition coefficient (Wildman–Crippen LogP) is 1.69. The Morgan fingerprint density at radius 3 is 2.70 bits per heavy atom. The molecule has 0 radical (unpaired) electrons. The molecule has 1 aromatic carbocycles. The first-order chi connectivity index (χ1) is 14.7. The topological polar surface area (TPSA) is 88.3 Å². The zero-order chi connectivity index (χ0) is 20.9. The van der Waals surface area contributed by atoms with E-state index in [1.165, 1.54) is 0 Å². The Hall–Kier alpha value is -3.49. The maximum absolute atomic E-state index is 5.40. The van der Waals surface area contributed by atoms with E-state index in [2.05, 4.69) is 30.7 Å². The highest BCUT2D eigenvalue weighted by molar-refractivity contribution is 5.80. The Balaban J connectivity index is 1.36. The number of methoxy groups -OCH3 is 2. The lowest BCUT2D eigenvalue weighted by atomic mass is 10.2. The first-order valence-corrected chi connectivity index (χ1v) is 9.94. The van der Waals surface area contributed by atoms with E-state index < -0.39 is 0 Å². The molecule has 1 unspecified atom stereocenters. The van der Waals surface area contributed by atoms with Gasteiger partial charge in [-0.2, -0.15) is 0 Å². The summed E-state index contributed by atoms with van der Waals surface area (Å²) in [6, 6.07) is 12.1. The van der Waals surface area contributed by atoms with E-state index in [0.717, 1.165) is 54.1 Å². The minimum atomic E-state index is 0.281. The van der Waals surface area contributed by atoms with Gasteiger partial charge in [0.15, 0.2) is 17.4 Å². The molecule has 1 saturated heterocycles. The highest BCUT2D eigenvalue weighted by Crippen LogP contribution is 2.30. The molecule has 0 amide bonds. The quantitative estimate of drug-likeness (QED) is 0.473. The SMILES string of the molecule is CN=C(NCc1nnc2ccccn12)NC1CCN(c2cc(OC)cc(OC)c2)C1. The molecule has 0 bridgehead atoms. The highest BCUT2D eigenvalue weighted by atomic mass is 16.5. The number of fused-ring (bicyclic) bond motifs is 1. The summed E-state index contributed by atoms with van der Waals surface area (Å²) in [4.78, 5) is 6.68. The van der Waals surface area contributed by atoms with E-state index >= 15 is 0 Å². The molecule has 0 saturated carbocycles. The van der Waals surface area contributed by atoms with Crippen molar-refractivity contribution in [2.24, 2.45) is 4.99 Å². The van der Waals surface area contributed by atoms with Gasteiger partial charge in [0.2, 0.25) is 0 Å². The van der Waals surface area contributed by atoms with Crippen LogP contribution in [0, 0.1) is 0 Å². The molecule has 1 aliphatic rings. The molecular weight excluding hydrogens is 382 g/mol. The number of hydrogen-bond donors (Lipinski definition) is 2. The molecule has 1 atom stereocenters. The van der Waals surface area contributed by atoms with E-state index in [0.29, 0.717) is 6.54 Å². The number of ether oxygens (including phenoxy) is 2. The normalized spacial score (nSPS) is 16.7. The first-order valence-electron chi connectivity index (χ1n) is 9.94. The van der Waals surface area contributed by atoms with Gasteiger partial charge in [0.1, 0.15) is 11.5 Å². The molecule has 158 valence electrons. The monoisotopic (exact) mass is 409 g/mol. The molecule has 1 fully saturated rings. The largest absolute Gasteiger partial charge is 0.497 e. The summed E-state index contributed by atoms with van der Waals surface area (Å²) in [7, 11) is 5.11. The van der Waals surface area contributed by atoms with Crippen LogP contribution in [-0.4, -0.2) is 61.0 Å². The molecule has 0 spiro atoms. The van der Waals surface area contributed by atoms with E-state index in [-0.39, 0.29) is 6.04 Å². The first kappa shape index (κ1) is 19.8. The average Bonchev–Trinajstić information content (AvgIpc) is 3.43. The number of benzene rings is 1. The van der Waals surface area contributed by atoms with Crippen molar-refractivity contribution in [1.82, 2.24) is 25.2 Å². The van der Waals surface area contributed by atoms with Gasteiger partial charge < -0.3 is 25.0 Å². The van der Waals surface area contributed by atoms with E-state index in [4.69, 9.17) is 9.47 Å². The number of nitrogens with one attached hydrogen (secondary N) is 2. The summed E-state index contributed by atoms with van der Waals surface area (Å²) >= 11 is 0. The van der Waals surface area contributed by atoms with Gasteiger partial charge in [-0.05, 0) is 18.6 Å². The molecule has 0 aliphatic carbocycles. The second-order valence-electron chi connectivity index (χ2n) is 7.12. The third kappa shape index (κ3) is 4.24. The van der Waals surface area contributed by atoms with Gasteiger partial charge in [0.25, 0.3) is 0 Å². The second kappa shape index (κ2) is 8.89. The second-order valence-corrected chi connectivity index (χ2v) is 7.12. The average molecular weight is 409 g/mol. The van der Waals surface area contributed by atoms with Crippen LogP contribution in [0.5, 0.6) is 11.5 Å². The predicted molar refractivity (Wildman–Crippen MR) is 116 cm³/mol. The molecule has 30 heavy (non-hydrogen) atoms. The van der Waals surface area contributed by atoms with Gasteiger partial charge in [-0.3, -0.25) is 9.39 Å². The van der Waals surface area contributed by atoms with Crippen molar-refractivity contribution in [1.29, 1.82) is 0 Å². The Bertz CT molecular complexity index is 1010. The third-order valence-corrected chi connectivity index (χ3v) is 5.25. The minimum absolute atomic E-state index is 0.281. The third-order valence-electron chi connectivity index (χ3n) is 5.25. The van der Waals surface area contributed by atoms with Crippen LogP contribution in [0.1, 0.15) is 12.2 Å². The van der Waals surface area contributed by atoms with Crippen LogP contribution in [0.25, 0.3) is 5.65 Å². The Kier molecular flexibility index (Phi) is 5.87. The summed E-state index contributed by atoms with van der Waals surface area (Å²) in [5.74, 6) is 3.17. The lowest BCUT2D eigenvalue weighted by molar-refractivity contribution is 0.394. The van der Waals surface area contributed by atoms with Crippen molar-refractivity contribution >= 4 is 17.3 Å². The number of nitrogens with zero attached hydrogens (tertiary/aromatic N) is 5. The summed E-state index contributed by atoms with van der Waals surface area (Å²) in [5, 5.41) is 15.3. The Morgan fingerprint density at radius 1 is 1.17 bits per heavy atom. The maximum Gasteiger partial charge on any atom is 0.191 e. The van der Waals surface area contributed by atoms with Crippen molar-refractivity contribution in [3.05, 3.63) is 48.4 Å². The van der Waals surface area contributed by atoms with Crippen molar-refractivity contribution in [3.63, 3.8) is 0 Å². The van der Waals surface area contributed by atoms with E-state index in [9.17, 15) is 0 Å². The van der Waals surface area contributed by atoms with E-state index in [1.54, 1.807) is 21.3 Å². The fraction of sp³-hybridized carbons (Fsp3) is 0.381. The standard InChI is InChI=1S/C21H27N7O2/c1-22-21(23-13-20-26-25-19-6-4-5-8-28(19)20)24-15-7-9-27(14-15)16-10-17(29-2)12-18(11-16)30-3/h4-6,8,10-12,15H,7,9,13-14H2,1-3H3,(H2,22,23,24). The van der Waals surface area contributed by atoms with Gasteiger partial charge in [-0.1, -0.05) is 6.07 Å². The Morgan fingerprint density at radius 2 is 1.97 bits per heavy atom. The zero-order valence-electron chi connectivity index (χ0n) is 17.5. The van der Waals surface area contributed by atoms with Crippen LogP contribution in [0.3, 0.4) is 0 Å². The molecule has 4 rings (SSSR count). The fourth-order valence-electron chi connectivity index (χ4n) is 3.65. The van der Waals surface area contributed by atoms with Gasteiger partial charge in [0.05, 0.1) is 20.8 Å². The van der Waals surface area contributed by atoms with Crippen LogP contribution < -0.4 is 25.0 Å². The fourth-order valence-corrected chi connectivity index (χ4v) is 3.65. The summed E-state index contributed by atoms with van der Waals surface area (Å²) in [6.45, 7) is 2.35. The van der Waals surface area contributed by atoms with Gasteiger partial charge >= 0.3 is 0 Å². The van der Waals surface area contributed by atoms with E-state index in [1.807, 2.05) is 47.0 Å². The van der Waals surface area contributed by atoms with Crippen molar-refractivity contribution in [3.8, 4) is 11.5 Å². The summed E-state index contributed by atoms with van der Waals surface area (Å²) in [5.41, 5.74) is 1.92. The smallest absolute Gasteiger partial charge is 0.191 e. The van der Waals surface area contributed by atoms with Crippen LogP contribution >= 0.6 is 0 Å². The zero-order valence-corrected chi connectivity index (χ0v) is 17.5. The van der Waals surface area contributed by atoms with Crippen molar-refractivity contribution < 1.29 is 9.47 Å². The molecular formula is C21H27N7O2. The molecule has 3 aromatic rings. The van der Waals surface area contributed by atoms with Crippen LogP contribution in [0.4, 0.5) is 5.69 Å². The number of aliphatic imine (C=N–C) groups is 1. The maximum atomic E-state index is 5.40. The number of pyridine rings is 1. The minimum Gasteiger partial charge on any atom is -0.497 e. The van der Waals surface area contributed by atoms with Crippen molar-refractivity contribution in [2.45, 2.75) is 19.0 Å². The molecule has 1 aliphatic heterocycles. The molecule has 2 N–H and O–H groups in total. The number of aromatic nitrogens is 3. The van der Waals surface area contributed by atoms with Crippen LogP contribution in [0.15, 0.2) is 47.6 Å². The molecule has 2 aromatic heterocycles. The van der Waals surface area contributed by atoms with Gasteiger partial charge in [-0.25, -0.2) is 0 Å². The van der Waals surface area contributed by atoms with Crippen LogP contribution in [0.2, 0.25) is 0 Å². The van der Waals surface area contributed by atoms with Gasteiger partial charge in [-0.15, -0.1) is 10.2 Å².